The van der Waals surface area contributed by atoms with Crippen molar-refractivity contribution in [2.45, 2.75) is 36.3 Å². The van der Waals surface area contributed by atoms with Gasteiger partial charge in [-0.1, -0.05) is 65.1 Å². The van der Waals surface area contributed by atoms with Crippen LogP contribution in [0.3, 0.4) is 0 Å². The Hall–Kier alpha value is -0.740. The van der Waals surface area contributed by atoms with E-state index in [1.807, 2.05) is 56.4 Å². The van der Waals surface area contributed by atoms with Gasteiger partial charge in [-0.2, -0.15) is 0 Å². The Morgan fingerprint density at radius 1 is 1.19 bits per heavy atom. The average Bonchev–Trinajstić information content (AvgIpc) is 2.34. The zero-order chi connectivity index (χ0) is 16.1. The van der Waals surface area contributed by atoms with E-state index in [4.69, 9.17) is 34.8 Å². The lowest BCUT2D eigenvalue weighted by molar-refractivity contribution is -0.749. The van der Waals surface area contributed by atoms with Crippen molar-refractivity contribution in [3.05, 3.63) is 42.0 Å². The first kappa shape index (κ1) is 18.3. The van der Waals surface area contributed by atoms with Gasteiger partial charge in [-0.15, -0.1) is 0 Å². The summed E-state index contributed by atoms with van der Waals surface area (Å²) in [6.45, 7) is 5.92. The standard InChI is InChI=1S/C15H19Cl3N2O/c1-14(2,3)20-13(15(16,17)18)19-12(21)10-9-11-7-5-4-6-8-11/h4-10,13,20H,1-3H3,(H,19,21)/p+1/b10-9+/t13-/m0/s1. The summed E-state index contributed by atoms with van der Waals surface area (Å²) in [5.41, 5.74) is 0.739. The van der Waals surface area contributed by atoms with E-state index in [9.17, 15) is 4.79 Å². The predicted molar refractivity (Wildman–Crippen MR) is 89.4 cm³/mol. The van der Waals surface area contributed by atoms with E-state index in [1.165, 1.54) is 6.08 Å². The minimum atomic E-state index is -1.59. The second kappa shape index (κ2) is 7.50. The lowest BCUT2D eigenvalue weighted by atomic mass is 10.1. The minimum Gasteiger partial charge on any atom is -0.319 e. The van der Waals surface area contributed by atoms with Crippen molar-refractivity contribution in [3.63, 3.8) is 0 Å². The highest BCUT2D eigenvalue weighted by Gasteiger charge is 2.39. The first-order valence-electron chi connectivity index (χ1n) is 6.54. The molecule has 3 nitrogen and oxygen atoms in total. The highest BCUT2D eigenvalue weighted by Crippen LogP contribution is 2.27. The smallest absolute Gasteiger partial charge is 0.262 e. The molecule has 0 saturated heterocycles. The van der Waals surface area contributed by atoms with Crippen LogP contribution in [-0.2, 0) is 4.79 Å². The maximum Gasteiger partial charge on any atom is 0.262 e. The second-order valence-corrected chi connectivity index (χ2v) is 8.17. The number of alkyl halides is 3. The number of quaternary nitrogens is 1. The summed E-state index contributed by atoms with van der Waals surface area (Å²) in [7, 11) is 0. The Kier molecular flexibility index (Phi) is 6.54. The first-order valence-corrected chi connectivity index (χ1v) is 7.68. The third kappa shape index (κ3) is 7.72. The fourth-order valence-corrected chi connectivity index (χ4v) is 2.01. The van der Waals surface area contributed by atoms with Crippen molar-refractivity contribution in [2.75, 3.05) is 0 Å². The molecule has 21 heavy (non-hydrogen) atoms. The van der Waals surface area contributed by atoms with Gasteiger partial charge >= 0.3 is 0 Å². The second-order valence-electron chi connectivity index (χ2n) is 5.80. The van der Waals surface area contributed by atoms with Crippen LogP contribution < -0.4 is 10.6 Å². The summed E-state index contributed by atoms with van der Waals surface area (Å²) < 4.78 is -1.59. The lowest BCUT2D eigenvalue weighted by Crippen LogP contribution is -3.03. The van der Waals surface area contributed by atoms with Crippen LogP contribution >= 0.6 is 34.8 Å². The molecule has 0 saturated carbocycles. The van der Waals surface area contributed by atoms with Gasteiger partial charge in [-0.3, -0.25) is 10.1 Å². The molecule has 0 heterocycles. The Balaban J connectivity index is 2.71. The number of carbonyl (C=O) groups is 1. The molecule has 1 atom stereocenters. The van der Waals surface area contributed by atoms with Crippen LogP contribution in [0.2, 0.25) is 0 Å². The minimum absolute atomic E-state index is 0.189. The molecular weight excluding hydrogens is 331 g/mol. The highest BCUT2D eigenvalue weighted by atomic mass is 35.6. The average molecular weight is 351 g/mol. The van der Waals surface area contributed by atoms with Crippen LogP contribution in [0.1, 0.15) is 26.3 Å². The van der Waals surface area contributed by atoms with Crippen molar-refractivity contribution >= 4 is 46.8 Å². The van der Waals surface area contributed by atoms with Crippen LogP contribution in [0.4, 0.5) is 0 Å². The maximum absolute atomic E-state index is 12.0. The zero-order valence-corrected chi connectivity index (χ0v) is 14.5. The van der Waals surface area contributed by atoms with E-state index in [0.717, 1.165) is 5.56 Å². The quantitative estimate of drug-likeness (QED) is 0.489. The summed E-state index contributed by atoms with van der Waals surface area (Å²) in [5, 5.41) is 4.52. The first-order chi connectivity index (χ1) is 9.58. The molecule has 0 aromatic heterocycles. The molecule has 1 aromatic rings. The third-order valence-electron chi connectivity index (χ3n) is 2.54. The van der Waals surface area contributed by atoms with Gasteiger partial charge in [0.1, 0.15) is 0 Å². The molecule has 0 aliphatic carbocycles. The number of halogens is 3. The number of hydrogen-bond acceptors (Lipinski definition) is 1. The number of rotatable bonds is 4. The van der Waals surface area contributed by atoms with E-state index >= 15 is 0 Å². The van der Waals surface area contributed by atoms with E-state index in [2.05, 4.69) is 5.32 Å². The van der Waals surface area contributed by atoms with Gasteiger partial charge in [0.2, 0.25) is 12.1 Å². The fourth-order valence-electron chi connectivity index (χ4n) is 1.66. The fraction of sp³-hybridized carbons (Fsp3) is 0.400. The highest BCUT2D eigenvalue weighted by molar-refractivity contribution is 6.68. The Morgan fingerprint density at radius 3 is 2.24 bits per heavy atom. The molecule has 1 aromatic carbocycles. The van der Waals surface area contributed by atoms with E-state index < -0.39 is 9.96 Å². The van der Waals surface area contributed by atoms with Gasteiger partial charge < -0.3 is 5.32 Å². The number of nitrogens with two attached hydrogens (primary N) is 1. The summed E-state index contributed by atoms with van der Waals surface area (Å²) >= 11 is 17.8. The molecule has 0 aliphatic rings. The number of benzene rings is 1. The molecule has 1 rings (SSSR count). The zero-order valence-electron chi connectivity index (χ0n) is 12.2. The van der Waals surface area contributed by atoms with Crippen molar-refractivity contribution in [1.29, 1.82) is 0 Å². The summed E-state index contributed by atoms with van der Waals surface area (Å²) in [4.78, 5) is 12.0. The number of amides is 1. The van der Waals surface area contributed by atoms with Gasteiger partial charge in [0.25, 0.3) is 3.79 Å². The molecule has 0 spiro atoms. The third-order valence-corrected chi connectivity index (χ3v) is 3.25. The Labute approximate surface area is 140 Å². The predicted octanol–water partition coefficient (Wildman–Crippen LogP) is 2.87. The molecule has 0 bridgehead atoms. The molecule has 3 N–H and O–H groups in total. The van der Waals surface area contributed by atoms with Crippen LogP contribution in [0.5, 0.6) is 0 Å². The normalized spacial score (nSPS) is 14.2. The van der Waals surface area contributed by atoms with Crippen molar-refractivity contribution in [2.24, 2.45) is 0 Å². The maximum atomic E-state index is 12.0. The topological polar surface area (TPSA) is 45.7 Å². The van der Waals surface area contributed by atoms with E-state index in [-0.39, 0.29) is 11.4 Å². The molecule has 0 aliphatic heterocycles. The van der Waals surface area contributed by atoms with Crippen LogP contribution in [-0.4, -0.2) is 21.4 Å². The van der Waals surface area contributed by atoms with Crippen LogP contribution in [0.25, 0.3) is 6.08 Å². The molecule has 116 valence electrons. The summed E-state index contributed by atoms with van der Waals surface area (Å²) in [6.07, 6.45) is 2.47. The van der Waals surface area contributed by atoms with Crippen molar-refractivity contribution < 1.29 is 10.1 Å². The van der Waals surface area contributed by atoms with Crippen LogP contribution in [0.15, 0.2) is 36.4 Å². The molecular formula is C15H20Cl3N2O+. The number of nitrogens with one attached hydrogen (secondary N) is 1. The van der Waals surface area contributed by atoms with E-state index in [1.54, 1.807) is 6.08 Å². The van der Waals surface area contributed by atoms with Crippen LogP contribution in [0, 0.1) is 0 Å². The van der Waals surface area contributed by atoms with Crippen molar-refractivity contribution in [1.82, 2.24) is 5.32 Å². The monoisotopic (exact) mass is 349 g/mol. The van der Waals surface area contributed by atoms with E-state index in [0.29, 0.717) is 0 Å². The van der Waals surface area contributed by atoms with Gasteiger partial charge in [-0.25, -0.2) is 0 Å². The SMILES string of the molecule is CC(C)(C)[NH2+][C@H](NC(=O)/C=C/c1ccccc1)C(Cl)(Cl)Cl. The Bertz CT molecular complexity index is 490. The lowest BCUT2D eigenvalue weighted by Gasteiger charge is -2.29. The largest absolute Gasteiger partial charge is 0.319 e. The Morgan fingerprint density at radius 2 is 1.76 bits per heavy atom. The molecule has 1 amide bonds. The number of carbonyl (C=O) groups excluding carboxylic acids is 1. The molecule has 6 heteroatoms. The summed E-state index contributed by atoms with van der Waals surface area (Å²) in [6, 6.07) is 9.51. The van der Waals surface area contributed by atoms with Gasteiger partial charge in [0.05, 0.1) is 5.54 Å². The van der Waals surface area contributed by atoms with Gasteiger partial charge in [-0.05, 0) is 32.4 Å². The molecule has 0 radical (unpaired) electrons. The molecule has 0 fully saturated rings. The van der Waals surface area contributed by atoms with Gasteiger partial charge in [0, 0.05) is 6.08 Å². The van der Waals surface area contributed by atoms with Crippen molar-refractivity contribution in [3.8, 4) is 0 Å². The molecule has 0 unspecified atom stereocenters. The number of hydrogen-bond donors (Lipinski definition) is 2. The summed E-state index contributed by atoms with van der Waals surface area (Å²) in [5.74, 6) is -0.310. The van der Waals surface area contributed by atoms with Gasteiger partial charge in [0.15, 0.2) is 0 Å².